The fourth-order valence-corrected chi connectivity index (χ4v) is 3.93. The first-order valence-corrected chi connectivity index (χ1v) is 8.59. The monoisotopic (exact) mass is 298 g/mol. The van der Waals surface area contributed by atoms with Gasteiger partial charge in [0.15, 0.2) is 0 Å². The summed E-state index contributed by atoms with van der Waals surface area (Å²) < 4.78 is 1.69. The molecule has 22 heavy (non-hydrogen) atoms. The summed E-state index contributed by atoms with van der Waals surface area (Å²) in [4.78, 5) is 13.8. The van der Waals surface area contributed by atoms with Crippen LogP contribution in [0.4, 0.5) is 0 Å². The summed E-state index contributed by atoms with van der Waals surface area (Å²) in [6, 6.07) is 7.07. The molecule has 3 rings (SSSR count). The minimum absolute atomic E-state index is 0.651. The van der Waals surface area contributed by atoms with E-state index in [1.54, 1.807) is 4.57 Å². The van der Waals surface area contributed by atoms with E-state index in [0.29, 0.717) is 6.04 Å². The molecule has 0 saturated heterocycles. The van der Waals surface area contributed by atoms with Gasteiger partial charge in [0.05, 0.1) is 5.52 Å². The van der Waals surface area contributed by atoms with Crippen LogP contribution in [0.15, 0.2) is 24.4 Å². The molecule has 1 aliphatic carbocycles. The third-order valence-corrected chi connectivity index (χ3v) is 4.95. The zero-order chi connectivity index (χ0) is 15.5. The van der Waals surface area contributed by atoms with Gasteiger partial charge in [-0.2, -0.15) is 0 Å². The number of aromatic nitrogens is 1. The molecule has 1 unspecified atom stereocenters. The minimum Gasteiger partial charge on any atom is -0.300 e. The Kier molecular flexibility index (Phi) is 4.63. The number of hydrogen-bond acceptors (Lipinski definition) is 2. The molecule has 0 saturated carbocycles. The quantitative estimate of drug-likeness (QED) is 0.760. The van der Waals surface area contributed by atoms with Gasteiger partial charge in [0.2, 0.25) is 6.41 Å². The molecule has 0 bridgehead atoms. The van der Waals surface area contributed by atoms with Crippen LogP contribution in [0.2, 0.25) is 0 Å². The molecule has 0 amide bonds. The van der Waals surface area contributed by atoms with Crippen LogP contribution in [0.25, 0.3) is 10.9 Å². The predicted octanol–water partition coefficient (Wildman–Crippen LogP) is 3.66. The van der Waals surface area contributed by atoms with Crippen LogP contribution < -0.4 is 0 Å². The first-order valence-electron chi connectivity index (χ1n) is 8.59. The van der Waals surface area contributed by atoms with E-state index in [2.05, 4.69) is 36.9 Å². The zero-order valence-corrected chi connectivity index (χ0v) is 13.7. The van der Waals surface area contributed by atoms with Crippen LogP contribution >= 0.6 is 0 Å². The lowest BCUT2D eigenvalue weighted by molar-refractivity contribution is 0.180. The highest BCUT2D eigenvalue weighted by Crippen LogP contribution is 2.31. The van der Waals surface area contributed by atoms with Crippen molar-refractivity contribution in [3.63, 3.8) is 0 Å². The van der Waals surface area contributed by atoms with Crippen molar-refractivity contribution in [2.24, 2.45) is 0 Å². The van der Waals surface area contributed by atoms with Crippen LogP contribution in [0.1, 0.15) is 44.2 Å². The van der Waals surface area contributed by atoms with E-state index in [0.717, 1.165) is 24.8 Å². The molecule has 3 heteroatoms. The lowest BCUT2D eigenvalue weighted by Crippen LogP contribution is -2.40. The minimum atomic E-state index is 0.651. The first kappa shape index (κ1) is 15.3. The fraction of sp³-hybridized carbons (Fsp3) is 0.526. The van der Waals surface area contributed by atoms with Crippen molar-refractivity contribution in [3.05, 3.63) is 35.5 Å². The first-order chi connectivity index (χ1) is 10.8. The number of benzene rings is 1. The van der Waals surface area contributed by atoms with Crippen LogP contribution in [0.3, 0.4) is 0 Å². The van der Waals surface area contributed by atoms with Crippen LogP contribution in [0, 0.1) is 0 Å². The second kappa shape index (κ2) is 6.66. The topological polar surface area (TPSA) is 25.2 Å². The van der Waals surface area contributed by atoms with Gasteiger partial charge >= 0.3 is 0 Å². The van der Waals surface area contributed by atoms with E-state index in [1.807, 2.05) is 6.20 Å². The third-order valence-electron chi connectivity index (χ3n) is 4.95. The van der Waals surface area contributed by atoms with E-state index in [-0.39, 0.29) is 0 Å². The van der Waals surface area contributed by atoms with E-state index in [1.165, 1.54) is 48.9 Å². The molecule has 0 N–H and O–H groups in total. The molecule has 2 aromatic rings. The summed E-state index contributed by atoms with van der Waals surface area (Å²) in [6.45, 7) is 6.92. The van der Waals surface area contributed by atoms with Gasteiger partial charge in [0, 0.05) is 17.6 Å². The number of carbonyl (C=O) groups is 1. The number of fused-ring (bicyclic) bond motifs is 3. The molecule has 0 radical (unpaired) electrons. The second-order valence-corrected chi connectivity index (χ2v) is 6.40. The van der Waals surface area contributed by atoms with E-state index >= 15 is 0 Å². The van der Waals surface area contributed by atoms with Gasteiger partial charge in [-0.1, -0.05) is 19.9 Å². The molecule has 118 valence electrons. The highest BCUT2D eigenvalue weighted by atomic mass is 16.1. The molecular weight excluding hydrogens is 272 g/mol. The Labute approximate surface area is 132 Å². The van der Waals surface area contributed by atoms with Crippen molar-refractivity contribution in [1.82, 2.24) is 9.47 Å². The van der Waals surface area contributed by atoms with Crippen LogP contribution in [0.5, 0.6) is 0 Å². The lowest BCUT2D eigenvalue weighted by Gasteiger charge is -2.35. The van der Waals surface area contributed by atoms with Gasteiger partial charge in [-0.25, -0.2) is 0 Å². The predicted molar refractivity (Wildman–Crippen MR) is 92.1 cm³/mol. The zero-order valence-electron chi connectivity index (χ0n) is 13.7. The molecule has 0 fully saturated rings. The number of rotatable bonds is 6. The summed E-state index contributed by atoms with van der Waals surface area (Å²) >= 11 is 0. The van der Waals surface area contributed by atoms with Gasteiger partial charge in [-0.15, -0.1) is 0 Å². The van der Waals surface area contributed by atoms with Gasteiger partial charge in [0.1, 0.15) is 0 Å². The summed E-state index contributed by atoms with van der Waals surface area (Å²) in [5, 5.41) is 1.27. The molecule has 0 aliphatic heterocycles. The Hall–Kier alpha value is -1.61. The van der Waals surface area contributed by atoms with Crippen molar-refractivity contribution >= 4 is 17.3 Å². The van der Waals surface area contributed by atoms with Gasteiger partial charge in [-0.05, 0) is 68.5 Å². The molecule has 1 aromatic heterocycles. The van der Waals surface area contributed by atoms with Crippen molar-refractivity contribution in [1.29, 1.82) is 0 Å². The number of hydrogen-bond donors (Lipinski definition) is 0. The highest BCUT2D eigenvalue weighted by molar-refractivity contribution is 5.89. The van der Waals surface area contributed by atoms with Gasteiger partial charge in [0.25, 0.3) is 0 Å². The molecule has 1 atom stereocenters. The highest BCUT2D eigenvalue weighted by Gasteiger charge is 2.25. The fourth-order valence-electron chi connectivity index (χ4n) is 3.93. The van der Waals surface area contributed by atoms with Crippen molar-refractivity contribution in [3.8, 4) is 0 Å². The molecular formula is C19H26N2O. The Balaban J connectivity index is 1.93. The summed E-state index contributed by atoms with van der Waals surface area (Å²) in [5.41, 5.74) is 3.99. The summed E-state index contributed by atoms with van der Waals surface area (Å²) in [5.74, 6) is 0. The average Bonchev–Trinajstić information content (AvgIpc) is 2.97. The summed E-state index contributed by atoms with van der Waals surface area (Å²) in [7, 11) is 0. The van der Waals surface area contributed by atoms with E-state index < -0.39 is 0 Å². The van der Waals surface area contributed by atoms with Crippen molar-refractivity contribution < 1.29 is 4.79 Å². The molecule has 0 spiro atoms. The standard InChI is InChI=1S/C19H26N2O/c1-3-10-20(11-4-2)16-7-5-15-6-8-19-17(18(15)13-16)9-12-21(19)14-22/h6,8-9,12,14,16H,3-5,7,10-11,13H2,1-2H3. The van der Waals surface area contributed by atoms with Crippen LogP contribution in [-0.4, -0.2) is 35.0 Å². The van der Waals surface area contributed by atoms with Crippen LogP contribution in [-0.2, 0) is 17.6 Å². The third kappa shape index (κ3) is 2.70. The Bertz CT molecular complexity index is 653. The SMILES string of the molecule is CCCN(CCC)C1CCc2ccc3c(ccn3C=O)c2C1. The molecule has 1 aliphatic rings. The number of aryl methyl sites for hydroxylation is 1. The van der Waals surface area contributed by atoms with Gasteiger partial charge < -0.3 is 4.90 Å². The smallest absolute Gasteiger partial charge is 0.218 e. The largest absolute Gasteiger partial charge is 0.300 e. The molecule has 1 heterocycles. The second-order valence-electron chi connectivity index (χ2n) is 6.40. The van der Waals surface area contributed by atoms with Gasteiger partial charge in [-0.3, -0.25) is 9.36 Å². The molecule has 3 nitrogen and oxygen atoms in total. The van der Waals surface area contributed by atoms with E-state index in [9.17, 15) is 4.79 Å². The van der Waals surface area contributed by atoms with Crippen molar-refractivity contribution in [2.45, 2.75) is 52.0 Å². The maximum absolute atomic E-state index is 11.1. The Morgan fingerprint density at radius 1 is 1.23 bits per heavy atom. The average molecular weight is 298 g/mol. The number of nitrogens with zero attached hydrogens (tertiary/aromatic N) is 2. The Morgan fingerprint density at radius 3 is 2.68 bits per heavy atom. The maximum atomic E-state index is 11.1. The number of carbonyl (C=O) groups excluding carboxylic acids is 1. The molecule has 1 aromatic carbocycles. The normalized spacial score (nSPS) is 17.9. The van der Waals surface area contributed by atoms with E-state index in [4.69, 9.17) is 0 Å². The van der Waals surface area contributed by atoms with Crippen molar-refractivity contribution in [2.75, 3.05) is 13.1 Å². The maximum Gasteiger partial charge on any atom is 0.218 e. The Morgan fingerprint density at radius 2 is 2.00 bits per heavy atom. The summed E-state index contributed by atoms with van der Waals surface area (Å²) in [6.07, 6.45) is 8.76. The lowest BCUT2D eigenvalue weighted by atomic mass is 9.85.